The van der Waals surface area contributed by atoms with Crippen molar-refractivity contribution in [2.45, 2.75) is 12.8 Å². The first kappa shape index (κ1) is 19.6. The first-order valence-corrected chi connectivity index (χ1v) is 9.67. The van der Waals surface area contributed by atoms with Crippen LogP contribution in [0.1, 0.15) is 24.0 Å². The number of rotatable bonds is 5. The molecule has 0 saturated heterocycles. The highest BCUT2D eigenvalue weighted by molar-refractivity contribution is 5.96. The number of benzene rings is 3. The van der Waals surface area contributed by atoms with Crippen LogP contribution in [0.5, 0.6) is 17.2 Å². The Morgan fingerprint density at radius 3 is 2.53 bits per heavy atom. The Morgan fingerprint density at radius 1 is 1.03 bits per heavy atom. The average molecular weight is 405 g/mol. The van der Waals surface area contributed by atoms with Crippen molar-refractivity contribution in [1.29, 1.82) is 0 Å². The molecule has 3 aromatic rings. The van der Waals surface area contributed by atoms with Gasteiger partial charge in [0.25, 0.3) is 0 Å². The third-order valence-electron chi connectivity index (χ3n) is 5.22. The van der Waals surface area contributed by atoms with Gasteiger partial charge in [-0.1, -0.05) is 42.5 Å². The van der Waals surface area contributed by atoms with E-state index in [4.69, 9.17) is 24.7 Å². The molecule has 0 fully saturated rings. The maximum Gasteiger partial charge on any atom is 0.340 e. The molecule has 1 heterocycles. The molecule has 1 aliphatic heterocycles. The van der Waals surface area contributed by atoms with Gasteiger partial charge in [0.05, 0.1) is 26.7 Å². The predicted octanol–water partition coefficient (Wildman–Crippen LogP) is 4.11. The molecule has 30 heavy (non-hydrogen) atoms. The normalized spacial score (nSPS) is 15.4. The maximum absolute atomic E-state index is 12.8. The molecule has 0 bridgehead atoms. The number of nitrogens with two attached hydrogens (primary N) is 1. The highest BCUT2D eigenvalue weighted by Crippen LogP contribution is 2.47. The quantitative estimate of drug-likeness (QED) is 0.644. The standard InChI is InChI=1S/C24H23NO5/c1-4-29-24(26)21-20(15-10-12-18(27-2)19(13-15)28-3)17-11-9-14-7-5-6-8-16(14)22(17)30-23(21)25/h5-13,20H,4,25H2,1-3H3. The van der Waals surface area contributed by atoms with Gasteiger partial charge >= 0.3 is 5.97 Å². The Labute approximate surface area is 174 Å². The summed E-state index contributed by atoms with van der Waals surface area (Å²) >= 11 is 0. The second kappa shape index (κ2) is 7.99. The molecule has 2 N–H and O–H groups in total. The summed E-state index contributed by atoms with van der Waals surface area (Å²) in [6.07, 6.45) is 0. The molecule has 154 valence electrons. The van der Waals surface area contributed by atoms with Crippen LogP contribution >= 0.6 is 0 Å². The zero-order valence-electron chi connectivity index (χ0n) is 17.1. The van der Waals surface area contributed by atoms with E-state index in [2.05, 4.69) is 0 Å². The number of hydrogen-bond donors (Lipinski definition) is 1. The van der Waals surface area contributed by atoms with Crippen molar-refractivity contribution in [2.75, 3.05) is 20.8 Å². The van der Waals surface area contributed by atoms with E-state index >= 15 is 0 Å². The highest BCUT2D eigenvalue weighted by Gasteiger charge is 2.36. The summed E-state index contributed by atoms with van der Waals surface area (Å²) in [5.74, 6) is 0.855. The molecule has 0 amide bonds. The largest absolute Gasteiger partial charge is 0.493 e. The molecule has 1 aliphatic rings. The van der Waals surface area contributed by atoms with Crippen LogP contribution in [0.2, 0.25) is 0 Å². The lowest BCUT2D eigenvalue weighted by Crippen LogP contribution is -2.27. The van der Waals surface area contributed by atoms with E-state index in [-0.39, 0.29) is 18.1 Å². The first-order chi connectivity index (χ1) is 14.6. The Hall–Kier alpha value is -3.67. The van der Waals surface area contributed by atoms with Crippen LogP contribution in [0.4, 0.5) is 0 Å². The summed E-state index contributed by atoms with van der Waals surface area (Å²) in [6, 6.07) is 17.4. The van der Waals surface area contributed by atoms with Gasteiger partial charge in [-0.15, -0.1) is 0 Å². The van der Waals surface area contributed by atoms with Crippen LogP contribution in [0.25, 0.3) is 10.8 Å². The van der Waals surface area contributed by atoms with E-state index in [1.165, 1.54) is 0 Å². The first-order valence-electron chi connectivity index (χ1n) is 9.67. The van der Waals surface area contributed by atoms with Crippen molar-refractivity contribution in [3.05, 3.63) is 77.2 Å². The van der Waals surface area contributed by atoms with E-state index < -0.39 is 11.9 Å². The van der Waals surface area contributed by atoms with Crippen molar-refractivity contribution in [2.24, 2.45) is 5.73 Å². The van der Waals surface area contributed by atoms with Crippen molar-refractivity contribution < 1.29 is 23.7 Å². The van der Waals surface area contributed by atoms with Crippen LogP contribution in [-0.2, 0) is 9.53 Å². The molecular weight excluding hydrogens is 382 g/mol. The topological polar surface area (TPSA) is 80.0 Å². The van der Waals surface area contributed by atoms with Gasteiger partial charge in [0.1, 0.15) is 11.3 Å². The minimum absolute atomic E-state index is 0.0390. The van der Waals surface area contributed by atoms with Gasteiger partial charge in [-0.05, 0) is 30.0 Å². The van der Waals surface area contributed by atoms with Crippen molar-refractivity contribution in [1.82, 2.24) is 0 Å². The molecule has 6 nitrogen and oxygen atoms in total. The summed E-state index contributed by atoms with van der Waals surface area (Å²) in [6.45, 7) is 1.99. The molecule has 0 aromatic heterocycles. The molecule has 3 aromatic carbocycles. The van der Waals surface area contributed by atoms with Gasteiger partial charge in [0, 0.05) is 10.9 Å². The second-order valence-corrected chi connectivity index (χ2v) is 6.85. The fourth-order valence-electron chi connectivity index (χ4n) is 3.87. The van der Waals surface area contributed by atoms with Gasteiger partial charge in [0.2, 0.25) is 5.88 Å². The van der Waals surface area contributed by atoms with E-state index in [1.54, 1.807) is 21.1 Å². The zero-order valence-corrected chi connectivity index (χ0v) is 17.1. The zero-order chi connectivity index (χ0) is 21.3. The molecule has 0 radical (unpaired) electrons. The summed E-state index contributed by atoms with van der Waals surface area (Å²) in [7, 11) is 3.15. The van der Waals surface area contributed by atoms with Crippen molar-refractivity contribution in [3.63, 3.8) is 0 Å². The lowest BCUT2D eigenvalue weighted by molar-refractivity contribution is -0.139. The van der Waals surface area contributed by atoms with Crippen LogP contribution in [0.3, 0.4) is 0 Å². The smallest absolute Gasteiger partial charge is 0.340 e. The molecule has 1 atom stereocenters. The minimum Gasteiger partial charge on any atom is -0.493 e. The number of carbonyl (C=O) groups excluding carboxylic acids is 1. The lowest BCUT2D eigenvalue weighted by Gasteiger charge is -2.29. The van der Waals surface area contributed by atoms with Crippen LogP contribution in [0.15, 0.2) is 66.1 Å². The predicted molar refractivity (Wildman–Crippen MR) is 114 cm³/mol. The molecule has 0 aliphatic carbocycles. The van der Waals surface area contributed by atoms with Gasteiger partial charge in [-0.25, -0.2) is 4.79 Å². The van der Waals surface area contributed by atoms with Gasteiger partial charge in [-0.2, -0.15) is 0 Å². The Bertz CT molecular complexity index is 1150. The van der Waals surface area contributed by atoms with Crippen molar-refractivity contribution in [3.8, 4) is 17.2 Å². The SMILES string of the molecule is CCOC(=O)C1=C(N)Oc2c(ccc3ccccc23)C1c1ccc(OC)c(OC)c1. The fourth-order valence-corrected chi connectivity index (χ4v) is 3.87. The number of esters is 1. The number of hydrogen-bond acceptors (Lipinski definition) is 6. The van der Waals surface area contributed by atoms with E-state index in [0.717, 1.165) is 21.9 Å². The third kappa shape index (κ3) is 3.20. The van der Waals surface area contributed by atoms with Crippen LogP contribution < -0.4 is 19.9 Å². The maximum atomic E-state index is 12.8. The number of carbonyl (C=O) groups is 1. The molecule has 0 saturated carbocycles. The highest BCUT2D eigenvalue weighted by atomic mass is 16.5. The summed E-state index contributed by atoms with van der Waals surface area (Å²) in [4.78, 5) is 12.8. The van der Waals surface area contributed by atoms with Crippen molar-refractivity contribution >= 4 is 16.7 Å². The minimum atomic E-state index is -0.506. The van der Waals surface area contributed by atoms with Gasteiger partial charge in [0.15, 0.2) is 11.5 Å². The molecule has 6 heteroatoms. The molecule has 0 spiro atoms. The number of ether oxygens (including phenoxy) is 4. The molecule has 4 rings (SSSR count). The summed E-state index contributed by atoms with van der Waals surface area (Å²) in [5, 5.41) is 1.95. The monoisotopic (exact) mass is 405 g/mol. The Balaban J connectivity index is 1.97. The van der Waals surface area contributed by atoms with E-state index in [9.17, 15) is 4.79 Å². The average Bonchev–Trinajstić information content (AvgIpc) is 2.77. The Morgan fingerprint density at radius 2 is 1.80 bits per heavy atom. The second-order valence-electron chi connectivity index (χ2n) is 6.85. The van der Waals surface area contributed by atoms with Crippen LogP contribution in [-0.4, -0.2) is 26.8 Å². The van der Waals surface area contributed by atoms with Crippen LogP contribution in [0, 0.1) is 0 Å². The lowest BCUT2D eigenvalue weighted by atomic mass is 9.82. The van der Waals surface area contributed by atoms with Gasteiger partial charge < -0.3 is 24.7 Å². The summed E-state index contributed by atoms with van der Waals surface area (Å²) < 4.78 is 22.1. The Kier molecular flexibility index (Phi) is 5.23. The number of fused-ring (bicyclic) bond motifs is 3. The van der Waals surface area contributed by atoms with E-state index in [1.807, 2.05) is 54.6 Å². The number of methoxy groups -OCH3 is 2. The van der Waals surface area contributed by atoms with Gasteiger partial charge in [-0.3, -0.25) is 0 Å². The summed E-state index contributed by atoms with van der Waals surface area (Å²) in [5.41, 5.74) is 8.19. The third-order valence-corrected chi connectivity index (χ3v) is 5.22. The molecular formula is C24H23NO5. The van der Waals surface area contributed by atoms with E-state index in [0.29, 0.717) is 17.2 Å². The molecule has 1 unspecified atom stereocenters. The fraction of sp³-hybridized carbons (Fsp3) is 0.208.